The summed E-state index contributed by atoms with van der Waals surface area (Å²) in [6, 6.07) is 9.87. The van der Waals surface area contributed by atoms with Gasteiger partial charge in [0.05, 0.1) is 41.2 Å². The number of hydrogen-bond donors (Lipinski definition) is 2. The summed E-state index contributed by atoms with van der Waals surface area (Å²) in [5.74, 6) is -0.459. The zero-order valence-electron chi connectivity index (χ0n) is 17.4. The molecule has 1 aromatic carbocycles. The number of anilines is 1. The molecule has 0 bridgehead atoms. The average molecular weight is 456 g/mol. The van der Waals surface area contributed by atoms with Gasteiger partial charge in [0.15, 0.2) is 0 Å². The second kappa shape index (κ2) is 10.1. The normalized spacial score (nSPS) is 12.0. The van der Waals surface area contributed by atoms with E-state index in [1.54, 1.807) is 31.2 Å². The van der Waals surface area contributed by atoms with Gasteiger partial charge in [-0.2, -0.15) is 18.4 Å². The van der Waals surface area contributed by atoms with Crippen LogP contribution in [0.25, 0.3) is 11.3 Å². The summed E-state index contributed by atoms with van der Waals surface area (Å²) in [7, 11) is 0. The van der Waals surface area contributed by atoms with E-state index in [4.69, 9.17) is 15.7 Å². The van der Waals surface area contributed by atoms with Gasteiger partial charge >= 0.3 is 12.1 Å². The van der Waals surface area contributed by atoms with Gasteiger partial charge in [0.2, 0.25) is 5.95 Å². The zero-order chi connectivity index (χ0) is 24.0. The van der Waals surface area contributed by atoms with Crippen LogP contribution in [0.5, 0.6) is 0 Å². The summed E-state index contributed by atoms with van der Waals surface area (Å²) in [5, 5.41) is 11.9. The largest absolute Gasteiger partial charge is 0.462 e. The Morgan fingerprint density at radius 1 is 1.18 bits per heavy atom. The Labute approximate surface area is 187 Å². The van der Waals surface area contributed by atoms with Gasteiger partial charge in [0.1, 0.15) is 5.56 Å². The van der Waals surface area contributed by atoms with E-state index in [-0.39, 0.29) is 36.1 Å². The first-order valence-electron chi connectivity index (χ1n) is 9.80. The fourth-order valence-corrected chi connectivity index (χ4v) is 2.85. The third-order valence-electron chi connectivity index (χ3n) is 4.55. The predicted molar refractivity (Wildman–Crippen MR) is 113 cm³/mol. The van der Waals surface area contributed by atoms with Gasteiger partial charge in [-0.3, -0.25) is 4.98 Å². The SMILES string of the molecule is CCOC(=O)c1cnc(NCC(N)c2ccc(C(F)(F)F)cn2)nc1-c1ccc(C#N)cc1. The Balaban J connectivity index is 1.81. The molecule has 3 N–H and O–H groups in total. The summed E-state index contributed by atoms with van der Waals surface area (Å²) in [5.41, 5.74) is 6.86. The standard InChI is InChI=1S/C22H19F3N6O2/c1-2-33-20(32)16-11-29-21(31-19(16)14-5-3-13(9-26)4-6-14)30-12-17(27)18-8-7-15(10-28-18)22(23,24)25/h3-8,10-11,17H,2,12,27H2,1H3,(H,29,30,31). The number of rotatable bonds is 7. The lowest BCUT2D eigenvalue weighted by Gasteiger charge is -2.15. The molecular weight excluding hydrogens is 437 g/mol. The smallest absolute Gasteiger partial charge is 0.417 e. The van der Waals surface area contributed by atoms with Gasteiger partial charge in [-0.25, -0.2) is 14.8 Å². The maximum Gasteiger partial charge on any atom is 0.417 e. The highest BCUT2D eigenvalue weighted by atomic mass is 19.4. The number of pyridine rings is 1. The molecule has 33 heavy (non-hydrogen) atoms. The molecule has 0 aliphatic heterocycles. The van der Waals surface area contributed by atoms with Crippen molar-refractivity contribution < 1.29 is 22.7 Å². The monoisotopic (exact) mass is 456 g/mol. The average Bonchev–Trinajstić information content (AvgIpc) is 2.82. The maximum atomic E-state index is 12.7. The van der Waals surface area contributed by atoms with Crippen LogP contribution in [0.2, 0.25) is 0 Å². The maximum absolute atomic E-state index is 12.7. The second-order valence-electron chi connectivity index (χ2n) is 6.82. The molecule has 0 radical (unpaired) electrons. The topological polar surface area (TPSA) is 127 Å². The number of nitrogens with zero attached hydrogens (tertiary/aromatic N) is 4. The lowest BCUT2D eigenvalue weighted by atomic mass is 10.1. The Morgan fingerprint density at radius 2 is 1.91 bits per heavy atom. The van der Waals surface area contributed by atoms with E-state index < -0.39 is 23.8 Å². The van der Waals surface area contributed by atoms with E-state index in [2.05, 4.69) is 20.3 Å². The van der Waals surface area contributed by atoms with E-state index in [1.165, 1.54) is 12.3 Å². The van der Waals surface area contributed by atoms with Crippen molar-refractivity contribution in [2.45, 2.75) is 19.1 Å². The van der Waals surface area contributed by atoms with Crippen molar-refractivity contribution in [1.82, 2.24) is 15.0 Å². The van der Waals surface area contributed by atoms with Crippen LogP contribution >= 0.6 is 0 Å². The number of ether oxygens (including phenoxy) is 1. The van der Waals surface area contributed by atoms with Crippen molar-refractivity contribution >= 4 is 11.9 Å². The van der Waals surface area contributed by atoms with Gasteiger partial charge in [-0.05, 0) is 31.2 Å². The molecule has 3 rings (SSSR count). The van der Waals surface area contributed by atoms with Crippen molar-refractivity contribution in [3.8, 4) is 17.3 Å². The summed E-state index contributed by atoms with van der Waals surface area (Å²) >= 11 is 0. The molecule has 1 atom stereocenters. The van der Waals surface area contributed by atoms with Crippen LogP contribution in [0.4, 0.5) is 19.1 Å². The van der Waals surface area contributed by atoms with Crippen molar-refractivity contribution in [3.63, 3.8) is 0 Å². The Hall–Kier alpha value is -4.04. The van der Waals surface area contributed by atoms with Crippen LogP contribution in [0.1, 0.15) is 40.1 Å². The van der Waals surface area contributed by atoms with E-state index in [0.717, 1.165) is 12.3 Å². The Kier molecular flexibility index (Phi) is 7.20. The number of carbonyl (C=O) groups is 1. The lowest BCUT2D eigenvalue weighted by molar-refractivity contribution is -0.137. The number of aromatic nitrogens is 3. The highest BCUT2D eigenvalue weighted by Gasteiger charge is 2.30. The first-order chi connectivity index (χ1) is 15.7. The highest BCUT2D eigenvalue weighted by Crippen LogP contribution is 2.29. The minimum atomic E-state index is -4.48. The number of nitrogens with one attached hydrogen (secondary N) is 1. The number of carbonyl (C=O) groups excluding carboxylic acids is 1. The molecule has 0 amide bonds. The molecule has 1 unspecified atom stereocenters. The Morgan fingerprint density at radius 3 is 2.48 bits per heavy atom. The molecule has 3 aromatic rings. The first kappa shape index (κ1) is 23.6. The second-order valence-corrected chi connectivity index (χ2v) is 6.82. The summed E-state index contributed by atoms with van der Waals surface area (Å²) in [4.78, 5) is 24.6. The summed E-state index contributed by atoms with van der Waals surface area (Å²) in [6.45, 7) is 1.91. The molecule has 0 spiro atoms. The zero-order valence-corrected chi connectivity index (χ0v) is 17.4. The minimum Gasteiger partial charge on any atom is -0.462 e. The minimum absolute atomic E-state index is 0.0733. The Bertz CT molecular complexity index is 1160. The number of nitriles is 1. The van der Waals surface area contributed by atoms with E-state index in [1.807, 2.05) is 6.07 Å². The van der Waals surface area contributed by atoms with Crippen LogP contribution in [-0.2, 0) is 10.9 Å². The van der Waals surface area contributed by atoms with Crippen molar-refractivity contribution in [2.24, 2.45) is 5.73 Å². The van der Waals surface area contributed by atoms with Gasteiger partial charge in [-0.15, -0.1) is 0 Å². The molecule has 0 fully saturated rings. The van der Waals surface area contributed by atoms with E-state index in [0.29, 0.717) is 11.1 Å². The lowest BCUT2D eigenvalue weighted by Crippen LogP contribution is -2.23. The van der Waals surface area contributed by atoms with E-state index >= 15 is 0 Å². The van der Waals surface area contributed by atoms with Gasteiger partial charge < -0.3 is 15.8 Å². The molecule has 2 heterocycles. The van der Waals surface area contributed by atoms with Gasteiger partial charge in [0.25, 0.3) is 0 Å². The molecular formula is C22H19F3N6O2. The van der Waals surface area contributed by atoms with E-state index in [9.17, 15) is 18.0 Å². The molecule has 2 aromatic heterocycles. The highest BCUT2D eigenvalue weighted by molar-refractivity contribution is 5.96. The molecule has 8 nitrogen and oxygen atoms in total. The van der Waals surface area contributed by atoms with Crippen LogP contribution in [-0.4, -0.2) is 34.1 Å². The molecule has 0 aliphatic carbocycles. The third-order valence-corrected chi connectivity index (χ3v) is 4.55. The molecule has 11 heteroatoms. The first-order valence-corrected chi connectivity index (χ1v) is 9.80. The number of benzene rings is 1. The molecule has 0 saturated heterocycles. The fourth-order valence-electron chi connectivity index (χ4n) is 2.85. The molecule has 170 valence electrons. The van der Waals surface area contributed by atoms with Crippen molar-refractivity contribution in [1.29, 1.82) is 5.26 Å². The third kappa shape index (κ3) is 5.81. The number of halogens is 3. The summed E-state index contributed by atoms with van der Waals surface area (Å²) in [6.07, 6.45) is -2.45. The number of nitrogens with two attached hydrogens (primary N) is 1. The number of esters is 1. The summed E-state index contributed by atoms with van der Waals surface area (Å²) < 4.78 is 43.2. The van der Waals surface area contributed by atoms with Gasteiger partial charge in [0, 0.05) is 24.5 Å². The van der Waals surface area contributed by atoms with Crippen LogP contribution in [0.3, 0.4) is 0 Å². The molecule has 0 aliphatic rings. The molecule has 0 saturated carbocycles. The predicted octanol–water partition coefficient (Wildman–Crippen LogP) is 3.72. The van der Waals surface area contributed by atoms with Crippen LogP contribution in [0.15, 0.2) is 48.8 Å². The van der Waals surface area contributed by atoms with Crippen LogP contribution in [0, 0.1) is 11.3 Å². The quantitative estimate of drug-likeness (QED) is 0.515. The van der Waals surface area contributed by atoms with Crippen molar-refractivity contribution in [3.05, 3.63) is 71.2 Å². The fraction of sp³-hybridized carbons (Fsp3) is 0.227. The van der Waals surface area contributed by atoms with Gasteiger partial charge in [-0.1, -0.05) is 12.1 Å². The number of alkyl halides is 3. The van der Waals surface area contributed by atoms with Crippen molar-refractivity contribution in [2.75, 3.05) is 18.5 Å². The van der Waals surface area contributed by atoms with Crippen LogP contribution < -0.4 is 11.1 Å². The number of hydrogen-bond acceptors (Lipinski definition) is 8.